The second-order valence-electron chi connectivity index (χ2n) is 5.12. The fourth-order valence-corrected chi connectivity index (χ4v) is 3.84. The van der Waals surface area contributed by atoms with E-state index in [1.807, 2.05) is 6.92 Å². The number of aromatic nitrogens is 1. The smallest absolute Gasteiger partial charge is 0.248 e. The molecule has 7 heteroatoms. The average molecular weight is 322 g/mol. The Bertz CT molecular complexity index is 794. The zero-order chi connectivity index (χ0) is 16.3. The Balaban J connectivity index is 2.23. The van der Waals surface area contributed by atoms with Crippen LogP contribution in [-0.4, -0.2) is 19.5 Å². The highest BCUT2D eigenvalue weighted by Gasteiger charge is 2.20. The molecule has 0 fully saturated rings. The van der Waals surface area contributed by atoms with Gasteiger partial charge in [0.1, 0.15) is 5.76 Å². The molecular weight excluding hydrogens is 304 g/mol. The van der Waals surface area contributed by atoms with Crippen LogP contribution in [0.2, 0.25) is 0 Å². The number of rotatable bonds is 6. The van der Waals surface area contributed by atoms with E-state index in [-0.39, 0.29) is 11.5 Å². The molecular formula is C15H18N2O4S. The second kappa shape index (κ2) is 6.31. The van der Waals surface area contributed by atoms with Crippen molar-refractivity contribution in [2.75, 3.05) is 0 Å². The minimum Gasteiger partial charge on any atom is -0.366 e. The van der Waals surface area contributed by atoms with Crippen molar-refractivity contribution in [3.63, 3.8) is 0 Å². The lowest BCUT2D eigenvalue weighted by Crippen LogP contribution is -2.13. The number of amides is 1. The summed E-state index contributed by atoms with van der Waals surface area (Å²) in [5.41, 5.74) is 7.24. The quantitative estimate of drug-likeness (QED) is 0.872. The van der Waals surface area contributed by atoms with Crippen LogP contribution in [0.1, 0.15) is 39.9 Å². The van der Waals surface area contributed by atoms with Crippen LogP contribution in [0, 0.1) is 6.92 Å². The van der Waals surface area contributed by atoms with Gasteiger partial charge in [-0.05, 0) is 24.6 Å². The maximum absolute atomic E-state index is 12.4. The number of hydrogen-bond acceptors (Lipinski definition) is 5. The van der Waals surface area contributed by atoms with E-state index in [0.717, 1.165) is 0 Å². The van der Waals surface area contributed by atoms with Gasteiger partial charge in [0.2, 0.25) is 5.91 Å². The van der Waals surface area contributed by atoms with Gasteiger partial charge in [-0.1, -0.05) is 24.2 Å². The zero-order valence-corrected chi connectivity index (χ0v) is 13.3. The molecule has 0 aliphatic carbocycles. The topological polar surface area (TPSA) is 103 Å². The van der Waals surface area contributed by atoms with Gasteiger partial charge in [-0.15, -0.1) is 0 Å². The number of carbonyl (C=O) groups is 1. The van der Waals surface area contributed by atoms with Gasteiger partial charge < -0.3 is 10.3 Å². The molecule has 1 aromatic carbocycles. The van der Waals surface area contributed by atoms with E-state index >= 15 is 0 Å². The molecule has 0 aliphatic rings. The number of aryl methyl sites for hydroxylation is 2. The lowest BCUT2D eigenvalue weighted by molar-refractivity contribution is 0.1000. The van der Waals surface area contributed by atoms with Gasteiger partial charge >= 0.3 is 0 Å². The molecule has 6 nitrogen and oxygen atoms in total. The molecule has 0 aliphatic heterocycles. The normalized spacial score (nSPS) is 11.5. The van der Waals surface area contributed by atoms with E-state index in [4.69, 9.17) is 10.3 Å². The van der Waals surface area contributed by atoms with Crippen molar-refractivity contribution >= 4 is 15.7 Å². The van der Waals surface area contributed by atoms with Gasteiger partial charge in [-0.25, -0.2) is 8.42 Å². The number of carbonyl (C=O) groups excluding carboxylic acids is 1. The molecule has 0 spiro atoms. The first-order valence-electron chi connectivity index (χ1n) is 6.85. The summed E-state index contributed by atoms with van der Waals surface area (Å²) in [6.45, 7) is 3.60. The first-order valence-corrected chi connectivity index (χ1v) is 8.67. The number of nitrogens with two attached hydrogens (primary N) is 1. The Labute approximate surface area is 129 Å². The Morgan fingerprint density at radius 3 is 2.68 bits per heavy atom. The molecule has 2 rings (SSSR count). The number of sulfone groups is 1. The largest absolute Gasteiger partial charge is 0.366 e. The summed E-state index contributed by atoms with van der Waals surface area (Å²) in [5, 5.41) is 3.82. The van der Waals surface area contributed by atoms with Crippen LogP contribution in [0.3, 0.4) is 0 Å². The van der Waals surface area contributed by atoms with Crippen molar-refractivity contribution in [1.82, 2.24) is 5.16 Å². The summed E-state index contributed by atoms with van der Waals surface area (Å²) < 4.78 is 29.9. The van der Waals surface area contributed by atoms with E-state index in [0.29, 0.717) is 34.6 Å². The molecule has 0 radical (unpaired) electrons. The van der Waals surface area contributed by atoms with Crippen molar-refractivity contribution in [3.8, 4) is 0 Å². The van der Waals surface area contributed by atoms with Crippen molar-refractivity contribution in [2.24, 2.45) is 5.73 Å². The third-order valence-corrected chi connectivity index (χ3v) is 4.85. The summed E-state index contributed by atoms with van der Waals surface area (Å²) in [4.78, 5) is 11.2. The third-order valence-electron chi connectivity index (χ3n) is 3.35. The lowest BCUT2D eigenvalue weighted by atomic mass is 10.1. The van der Waals surface area contributed by atoms with E-state index in [1.165, 1.54) is 6.07 Å². The van der Waals surface area contributed by atoms with E-state index in [9.17, 15) is 13.2 Å². The first kappa shape index (κ1) is 16.2. The van der Waals surface area contributed by atoms with Gasteiger partial charge in [0.05, 0.1) is 17.2 Å². The van der Waals surface area contributed by atoms with Crippen molar-refractivity contribution < 1.29 is 17.7 Å². The highest BCUT2D eigenvalue weighted by Crippen LogP contribution is 2.20. The van der Waals surface area contributed by atoms with Gasteiger partial charge in [-0.2, -0.15) is 0 Å². The Hall–Kier alpha value is -2.15. The molecule has 1 aromatic heterocycles. The fraction of sp³-hybridized carbons (Fsp3) is 0.333. The molecule has 0 unspecified atom stereocenters. The Morgan fingerprint density at radius 1 is 1.32 bits per heavy atom. The predicted octanol–water partition coefficient (Wildman–Crippen LogP) is 1.76. The first-order chi connectivity index (χ1) is 10.3. The van der Waals surface area contributed by atoms with Crippen LogP contribution in [0.25, 0.3) is 0 Å². The molecule has 0 saturated heterocycles. The Kier molecular flexibility index (Phi) is 4.65. The summed E-state index contributed by atoms with van der Waals surface area (Å²) >= 11 is 0. The second-order valence-corrected chi connectivity index (χ2v) is 7.18. The van der Waals surface area contributed by atoms with E-state index < -0.39 is 15.7 Å². The summed E-state index contributed by atoms with van der Waals surface area (Å²) in [5.74, 6) is -0.289. The Morgan fingerprint density at radius 2 is 2.05 bits per heavy atom. The summed E-state index contributed by atoms with van der Waals surface area (Å²) in [6.07, 6.45) is 0.586. The van der Waals surface area contributed by atoms with Crippen molar-refractivity contribution in [3.05, 3.63) is 52.4 Å². The van der Waals surface area contributed by atoms with Crippen LogP contribution in [0.5, 0.6) is 0 Å². The number of nitrogens with zero attached hydrogens (tertiary/aromatic N) is 1. The number of benzene rings is 1. The summed E-state index contributed by atoms with van der Waals surface area (Å²) in [7, 11) is -3.41. The SMILES string of the molecule is CCc1onc(C)c1CS(=O)(=O)Cc1cccc(C(N)=O)c1. The highest BCUT2D eigenvalue weighted by molar-refractivity contribution is 7.89. The number of primary amides is 1. The molecule has 1 amide bonds. The van der Waals surface area contributed by atoms with Gasteiger partial charge in [0.15, 0.2) is 9.84 Å². The van der Waals surface area contributed by atoms with Crippen LogP contribution < -0.4 is 5.73 Å². The van der Waals surface area contributed by atoms with Crippen molar-refractivity contribution in [2.45, 2.75) is 31.8 Å². The monoisotopic (exact) mass is 322 g/mol. The zero-order valence-electron chi connectivity index (χ0n) is 12.5. The molecule has 1 heterocycles. The van der Waals surface area contributed by atoms with Gasteiger partial charge in [0, 0.05) is 17.5 Å². The minimum absolute atomic E-state index is 0.133. The van der Waals surface area contributed by atoms with E-state index in [2.05, 4.69) is 5.16 Å². The standard InChI is InChI=1S/C15H18N2O4S/c1-3-14-13(10(2)17-21-14)9-22(19,20)8-11-5-4-6-12(7-11)15(16)18/h4-7H,3,8-9H2,1-2H3,(H2,16,18). The third kappa shape index (κ3) is 3.73. The maximum atomic E-state index is 12.4. The van der Waals surface area contributed by atoms with Crippen LogP contribution in [0.15, 0.2) is 28.8 Å². The van der Waals surface area contributed by atoms with Crippen molar-refractivity contribution in [1.29, 1.82) is 0 Å². The van der Waals surface area contributed by atoms with E-state index in [1.54, 1.807) is 25.1 Å². The average Bonchev–Trinajstić information content (AvgIpc) is 2.78. The van der Waals surface area contributed by atoms with Gasteiger partial charge in [0.25, 0.3) is 0 Å². The molecule has 2 aromatic rings. The minimum atomic E-state index is -3.41. The van der Waals surface area contributed by atoms with Crippen LogP contribution in [0.4, 0.5) is 0 Å². The molecule has 2 N–H and O–H groups in total. The lowest BCUT2D eigenvalue weighted by Gasteiger charge is -2.06. The highest BCUT2D eigenvalue weighted by atomic mass is 32.2. The molecule has 0 saturated carbocycles. The summed E-state index contributed by atoms with van der Waals surface area (Å²) in [6, 6.07) is 6.33. The van der Waals surface area contributed by atoms with Crippen LogP contribution >= 0.6 is 0 Å². The molecule has 118 valence electrons. The maximum Gasteiger partial charge on any atom is 0.248 e. The van der Waals surface area contributed by atoms with Crippen LogP contribution in [-0.2, 0) is 27.8 Å². The molecule has 0 bridgehead atoms. The molecule has 22 heavy (non-hydrogen) atoms. The predicted molar refractivity (Wildman–Crippen MR) is 81.9 cm³/mol. The van der Waals surface area contributed by atoms with Gasteiger partial charge in [-0.3, -0.25) is 4.79 Å². The molecule has 0 atom stereocenters. The fourth-order valence-electron chi connectivity index (χ4n) is 2.24. The number of hydrogen-bond donors (Lipinski definition) is 1.